The van der Waals surface area contributed by atoms with Crippen LogP contribution in [-0.2, 0) is 0 Å². The third-order valence-corrected chi connectivity index (χ3v) is 3.92. The predicted octanol–water partition coefficient (Wildman–Crippen LogP) is 2.33. The summed E-state index contributed by atoms with van der Waals surface area (Å²) in [4.78, 5) is 13.6. The highest BCUT2D eigenvalue weighted by Crippen LogP contribution is 2.24. The minimum Gasteiger partial charge on any atom is -0.409 e. The summed E-state index contributed by atoms with van der Waals surface area (Å²) < 4.78 is 27.9. The van der Waals surface area contributed by atoms with Gasteiger partial charge >= 0.3 is 0 Å². The molecule has 8 heteroatoms. The van der Waals surface area contributed by atoms with Crippen LogP contribution in [0, 0.1) is 17.6 Å². The van der Waals surface area contributed by atoms with Crippen LogP contribution in [0.3, 0.4) is 0 Å². The van der Waals surface area contributed by atoms with Gasteiger partial charge in [0.1, 0.15) is 23.0 Å². The van der Waals surface area contributed by atoms with Crippen molar-refractivity contribution in [3.63, 3.8) is 0 Å². The Hall–Kier alpha value is -1.70. The maximum atomic E-state index is 13.8. The molecular formula is C13H14BrF2N3O2. The van der Waals surface area contributed by atoms with Gasteiger partial charge in [0, 0.05) is 23.5 Å². The van der Waals surface area contributed by atoms with Gasteiger partial charge in [-0.1, -0.05) is 21.1 Å². The first kappa shape index (κ1) is 15.7. The van der Waals surface area contributed by atoms with E-state index in [9.17, 15) is 13.6 Å². The van der Waals surface area contributed by atoms with Gasteiger partial charge in [-0.2, -0.15) is 0 Å². The molecule has 1 atom stereocenters. The third-order valence-electron chi connectivity index (χ3n) is 3.46. The number of rotatable bonds is 2. The predicted molar refractivity (Wildman–Crippen MR) is 76.1 cm³/mol. The van der Waals surface area contributed by atoms with Gasteiger partial charge in [-0.25, -0.2) is 8.78 Å². The van der Waals surface area contributed by atoms with Gasteiger partial charge in [0.2, 0.25) is 0 Å². The van der Waals surface area contributed by atoms with Gasteiger partial charge in [-0.15, -0.1) is 0 Å². The number of nitrogens with zero attached hydrogens (tertiary/aromatic N) is 2. The summed E-state index contributed by atoms with van der Waals surface area (Å²) in [5.41, 5.74) is 4.95. The number of halogens is 3. The maximum Gasteiger partial charge on any atom is 0.259 e. The van der Waals surface area contributed by atoms with Crippen molar-refractivity contribution in [2.45, 2.75) is 12.8 Å². The monoisotopic (exact) mass is 361 g/mol. The summed E-state index contributed by atoms with van der Waals surface area (Å²) in [6.07, 6.45) is 1.28. The van der Waals surface area contributed by atoms with Crippen LogP contribution in [0.2, 0.25) is 0 Å². The van der Waals surface area contributed by atoms with E-state index < -0.39 is 23.1 Å². The molecule has 0 bridgehead atoms. The SMILES string of the molecule is NC(=NO)C1CCCN(C(=O)c2c(F)cc(Br)cc2F)C1. The lowest BCUT2D eigenvalue weighted by Crippen LogP contribution is -2.44. The molecule has 1 unspecified atom stereocenters. The normalized spacial score (nSPS) is 19.7. The minimum atomic E-state index is -0.919. The molecule has 1 aliphatic heterocycles. The van der Waals surface area contributed by atoms with Gasteiger partial charge in [0.05, 0.1) is 0 Å². The van der Waals surface area contributed by atoms with E-state index in [4.69, 9.17) is 10.9 Å². The summed E-state index contributed by atoms with van der Waals surface area (Å²) in [5, 5.41) is 11.6. The fourth-order valence-electron chi connectivity index (χ4n) is 2.39. The number of benzene rings is 1. The van der Waals surface area contributed by atoms with E-state index >= 15 is 0 Å². The molecule has 1 aromatic rings. The van der Waals surface area contributed by atoms with Crippen LogP contribution in [-0.4, -0.2) is 34.9 Å². The van der Waals surface area contributed by atoms with Crippen LogP contribution in [0.5, 0.6) is 0 Å². The molecule has 21 heavy (non-hydrogen) atoms. The average molecular weight is 362 g/mol. The van der Waals surface area contributed by atoms with Gasteiger partial charge in [-0.3, -0.25) is 4.79 Å². The Labute approximate surface area is 128 Å². The summed E-state index contributed by atoms with van der Waals surface area (Å²) in [5.74, 6) is -2.86. The zero-order valence-corrected chi connectivity index (χ0v) is 12.6. The van der Waals surface area contributed by atoms with Crippen molar-refractivity contribution in [3.8, 4) is 0 Å². The van der Waals surface area contributed by atoms with Crippen molar-refractivity contribution in [1.29, 1.82) is 0 Å². The molecule has 0 spiro atoms. The fraction of sp³-hybridized carbons (Fsp3) is 0.385. The number of nitrogens with two attached hydrogens (primary N) is 1. The number of likely N-dealkylation sites (tertiary alicyclic amines) is 1. The molecule has 0 saturated carbocycles. The van der Waals surface area contributed by atoms with E-state index in [1.807, 2.05) is 0 Å². The number of hydrogen-bond acceptors (Lipinski definition) is 3. The van der Waals surface area contributed by atoms with E-state index in [0.29, 0.717) is 19.4 Å². The molecule has 0 aliphatic carbocycles. The number of piperidine rings is 1. The zero-order chi connectivity index (χ0) is 15.6. The Kier molecular flexibility index (Phi) is 4.76. The first-order chi connectivity index (χ1) is 9.93. The fourth-order valence-corrected chi connectivity index (χ4v) is 2.79. The Morgan fingerprint density at radius 2 is 2.05 bits per heavy atom. The smallest absolute Gasteiger partial charge is 0.259 e. The summed E-state index contributed by atoms with van der Waals surface area (Å²) in [7, 11) is 0. The van der Waals surface area contributed by atoms with Gasteiger partial charge in [0.15, 0.2) is 0 Å². The Morgan fingerprint density at radius 1 is 1.43 bits per heavy atom. The van der Waals surface area contributed by atoms with Gasteiger partial charge < -0.3 is 15.8 Å². The summed E-state index contributed by atoms with van der Waals surface area (Å²) in [6.45, 7) is 0.548. The van der Waals surface area contributed by atoms with Crippen molar-refractivity contribution < 1.29 is 18.8 Å². The van der Waals surface area contributed by atoms with Crippen molar-refractivity contribution in [2.24, 2.45) is 16.8 Å². The Bertz CT molecular complexity index is 572. The number of carbonyl (C=O) groups excluding carboxylic acids is 1. The largest absolute Gasteiger partial charge is 0.409 e. The summed E-state index contributed by atoms with van der Waals surface area (Å²) >= 11 is 2.97. The van der Waals surface area contributed by atoms with Crippen LogP contribution in [0.15, 0.2) is 21.8 Å². The maximum absolute atomic E-state index is 13.8. The highest BCUT2D eigenvalue weighted by atomic mass is 79.9. The molecule has 1 aliphatic rings. The van der Waals surface area contributed by atoms with Crippen molar-refractivity contribution in [2.75, 3.05) is 13.1 Å². The van der Waals surface area contributed by atoms with E-state index in [1.165, 1.54) is 4.90 Å². The molecule has 1 fully saturated rings. The zero-order valence-electron chi connectivity index (χ0n) is 11.0. The van der Waals surface area contributed by atoms with E-state index in [0.717, 1.165) is 12.1 Å². The average Bonchev–Trinajstić information content (AvgIpc) is 2.45. The molecule has 1 saturated heterocycles. The van der Waals surface area contributed by atoms with Gasteiger partial charge in [-0.05, 0) is 25.0 Å². The molecule has 0 aromatic heterocycles. The molecule has 3 N–H and O–H groups in total. The van der Waals surface area contributed by atoms with Crippen LogP contribution in [0.25, 0.3) is 0 Å². The second-order valence-electron chi connectivity index (χ2n) is 4.86. The van der Waals surface area contributed by atoms with E-state index in [2.05, 4.69) is 21.1 Å². The van der Waals surface area contributed by atoms with Crippen LogP contribution in [0.1, 0.15) is 23.2 Å². The highest BCUT2D eigenvalue weighted by molar-refractivity contribution is 9.10. The van der Waals surface area contributed by atoms with Crippen molar-refractivity contribution >= 4 is 27.7 Å². The molecule has 1 amide bonds. The number of amides is 1. The summed E-state index contributed by atoms with van der Waals surface area (Å²) in [6, 6.07) is 2.09. The number of amidine groups is 1. The van der Waals surface area contributed by atoms with Crippen LogP contribution in [0.4, 0.5) is 8.78 Å². The molecule has 0 radical (unpaired) electrons. The molecule has 1 heterocycles. The molecule has 5 nitrogen and oxygen atoms in total. The number of carbonyl (C=O) groups is 1. The Morgan fingerprint density at radius 3 is 2.62 bits per heavy atom. The standard InChI is InChI=1S/C13H14BrF2N3O2/c14-8-4-9(15)11(10(16)5-8)13(20)19-3-1-2-7(6-19)12(17)18-21/h4-5,7,21H,1-3,6H2,(H2,17,18). The lowest BCUT2D eigenvalue weighted by molar-refractivity contribution is 0.0691. The number of hydrogen-bond donors (Lipinski definition) is 2. The first-order valence-corrected chi connectivity index (χ1v) is 7.14. The second kappa shape index (κ2) is 6.38. The topological polar surface area (TPSA) is 78.9 Å². The van der Waals surface area contributed by atoms with E-state index in [1.54, 1.807) is 0 Å². The lowest BCUT2D eigenvalue weighted by Gasteiger charge is -2.32. The minimum absolute atomic E-state index is 0.0178. The second-order valence-corrected chi connectivity index (χ2v) is 5.78. The molecule has 1 aromatic carbocycles. The number of oxime groups is 1. The molecule has 114 valence electrons. The molecular weight excluding hydrogens is 348 g/mol. The van der Waals surface area contributed by atoms with Crippen molar-refractivity contribution in [1.82, 2.24) is 4.90 Å². The Balaban J connectivity index is 2.24. The van der Waals surface area contributed by atoms with Crippen LogP contribution < -0.4 is 5.73 Å². The first-order valence-electron chi connectivity index (χ1n) is 6.35. The van der Waals surface area contributed by atoms with Crippen LogP contribution >= 0.6 is 15.9 Å². The highest BCUT2D eigenvalue weighted by Gasteiger charge is 2.30. The third kappa shape index (κ3) is 3.31. The van der Waals surface area contributed by atoms with Crippen molar-refractivity contribution in [3.05, 3.63) is 33.8 Å². The lowest BCUT2D eigenvalue weighted by atomic mass is 9.96. The quantitative estimate of drug-likeness (QED) is 0.367. The van der Waals surface area contributed by atoms with Gasteiger partial charge in [0.25, 0.3) is 5.91 Å². The molecule has 2 rings (SSSR count). The van der Waals surface area contributed by atoms with E-state index in [-0.39, 0.29) is 22.8 Å².